The Bertz CT molecular complexity index is 442. The quantitative estimate of drug-likeness (QED) is 0.893. The van der Waals surface area contributed by atoms with Crippen LogP contribution in [0.4, 0.5) is 0 Å². The number of para-hydroxylation sites is 1. The van der Waals surface area contributed by atoms with Crippen LogP contribution in [0.25, 0.3) is 0 Å². The van der Waals surface area contributed by atoms with E-state index in [-0.39, 0.29) is 5.60 Å². The molecule has 2 unspecified atom stereocenters. The average Bonchev–Trinajstić information content (AvgIpc) is 2.36. The zero-order valence-electron chi connectivity index (χ0n) is 13.3. The van der Waals surface area contributed by atoms with Crippen molar-refractivity contribution in [2.45, 2.75) is 51.8 Å². The molecule has 0 bridgehead atoms. The van der Waals surface area contributed by atoms with Gasteiger partial charge in [0.15, 0.2) is 0 Å². The molecule has 0 saturated heterocycles. The molecule has 0 saturated carbocycles. The molecule has 112 valence electrons. The largest absolute Gasteiger partial charge is 0.487 e. The highest BCUT2D eigenvalue weighted by molar-refractivity contribution is 5.38. The fraction of sp³-hybridized carbons (Fsp3) is 0.647. The van der Waals surface area contributed by atoms with Crippen molar-refractivity contribution in [1.29, 1.82) is 0 Å². The Morgan fingerprint density at radius 2 is 2.05 bits per heavy atom. The van der Waals surface area contributed by atoms with E-state index in [2.05, 4.69) is 51.2 Å². The van der Waals surface area contributed by atoms with Gasteiger partial charge in [-0.1, -0.05) is 32.0 Å². The van der Waals surface area contributed by atoms with Crippen molar-refractivity contribution in [2.75, 3.05) is 13.7 Å². The Morgan fingerprint density at radius 3 is 2.70 bits per heavy atom. The standard InChI is InChI=1S/C17H27NO2/c1-12(2)15(11-19-5)18-14-10-17(3,4)20-16-9-7-6-8-13(14)16/h6-9,12,14-15,18H,10-11H2,1-5H3. The van der Waals surface area contributed by atoms with E-state index in [9.17, 15) is 0 Å². The molecular weight excluding hydrogens is 250 g/mol. The summed E-state index contributed by atoms with van der Waals surface area (Å²) in [6.45, 7) is 9.49. The first-order chi connectivity index (χ1) is 9.43. The third kappa shape index (κ3) is 3.53. The molecule has 0 aromatic heterocycles. The van der Waals surface area contributed by atoms with Gasteiger partial charge < -0.3 is 14.8 Å². The molecule has 3 heteroatoms. The second-order valence-corrected chi connectivity index (χ2v) is 6.63. The number of hydrogen-bond acceptors (Lipinski definition) is 3. The molecule has 0 spiro atoms. The van der Waals surface area contributed by atoms with E-state index in [1.807, 2.05) is 6.07 Å². The number of methoxy groups -OCH3 is 1. The molecule has 0 radical (unpaired) electrons. The SMILES string of the molecule is COCC(NC1CC(C)(C)Oc2ccccc21)C(C)C. The van der Waals surface area contributed by atoms with Crippen LogP contribution in [0.5, 0.6) is 5.75 Å². The summed E-state index contributed by atoms with van der Waals surface area (Å²) >= 11 is 0. The van der Waals surface area contributed by atoms with Crippen LogP contribution in [0.15, 0.2) is 24.3 Å². The molecule has 2 atom stereocenters. The van der Waals surface area contributed by atoms with E-state index in [0.717, 1.165) is 18.8 Å². The van der Waals surface area contributed by atoms with Crippen LogP contribution < -0.4 is 10.1 Å². The fourth-order valence-electron chi connectivity index (χ4n) is 2.82. The lowest BCUT2D eigenvalue weighted by Crippen LogP contribution is -2.45. The highest BCUT2D eigenvalue weighted by atomic mass is 16.5. The van der Waals surface area contributed by atoms with Crippen LogP contribution in [-0.2, 0) is 4.74 Å². The van der Waals surface area contributed by atoms with Gasteiger partial charge in [0.1, 0.15) is 11.4 Å². The predicted molar refractivity (Wildman–Crippen MR) is 82.1 cm³/mol. The molecule has 1 N–H and O–H groups in total. The average molecular weight is 277 g/mol. The van der Waals surface area contributed by atoms with Gasteiger partial charge in [0, 0.05) is 31.2 Å². The van der Waals surface area contributed by atoms with Gasteiger partial charge in [-0.2, -0.15) is 0 Å². The van der Waals surface area contributed by atoms with Crippen LogP contribution in [0.2, 0.25) is 0 Å². The number of benzene rings is 1. The van der Waals surface area contributed by atoms with Crippen LogP contribution in [0.3, 0.4) is 0 Å². The molecule has 0 amide bonds. The molecule has 1 aliphatic heterocycles. The van der Waals surface area contributed by atoms with Crippen molar-refractivity contribution in [2.24, 2.45) is 5.92 Å². The van der Waals surface area contributed by atoms with Crippen molar-refractivity contribution in [3.8, 4) is 5.75 Å². The molecular formula is C17H27NO2. The second kappa shape index (κ2) is 6.15. The number of fused-ring (bicyclic) bond motifs is 1. The lowest BCUT2D eigenvalue weighted by molar-refractivity contribution is 0.0559. The maximum atomic E-state index is 6.08. The molecule has 1 heterocycles. The van der Waals surface area contributed by atoms with E-state index in [1.54, 1.807) is 7.11 Å². The lowest BCUT2D eigenvalue weighted by Gasteiger charge is -2.40. The Balaban J connectivity index is 2.22. The topological polar surface area (TPSA) is 30.5 Å². The van der Waals surface area contributed by atoms with Gasteiger partial charge >= 0.3 is 0 Å². The van der Waals surface area contributed by atoms with Gasteiger partial charge in [-0.15, -0.1) is 0 Å². The molecule has 1 aromatic carbocycles. The first-order valence-electron chi connectivity index (χ1n) is 7.46. The summed E-state index contributed by atoms with van der Waals surface area (Å²) < 4.78 is 11.4. The second-order valence-electron chi connectivity index (χ2n) is 6.63. The van der Waals surface area contributed by atoms with Crippen LogP contribution in [-0.4, -0.2) is 25.4 Å². The number of hydrogen-bond donors (Lipinski definition) is 1. The van der Waals surface area contributed by atoms with Crippen LogP contribution in [0.1, 0.15) is 45.7 Å². The van der Waals surface area contributed by atoms with E-state index >= 15 is 0 Å². The highest BCUT2D eigenvalue weighted by Crippen LogP contribution is 2.39. The smallest absolute Gasteiger partial charge is 0.124 e. The first kappa shape index (κ1) is 15.3. The van der Waals surface area contributed by atoms with E-state index in [4.69, 9.17) is 9.47 Å². The van der Waals surface area contributed by atoms with Crippen LogP contribution >= 0.6 is 0 Å². The third-order valence-corrected chi connectivity index (χ3v) is 3.94. The Labute approximate surface area is 122 Å². The predicted octanol–water partition coefficient (Wildman–Crippen LogP) is 3.55. The molecule has 1 aromatic rings. The van der Waals surface area contributed by atoms with Gasteiger partial charge in [0.25, 0.3) is 0 Å². The molecule has 3 nitrogen and oxygen atoms in total. The van der Waals surface area contributed by atoms with E-state index < -0.39 is 0 Å². The van der Waals surface area contributed by atoms with E-state index in [1.165, 1.54) is 5.56 Å². The molecule has 0 fully saturated rings. The van der Waals surface area contributed by atoms with Crippen molar-refractivity contribution in [1.82, 2.24) is 5.32 Å². The monoisotopic (exact) mass is 277 g/mol. The minimum Gasteiger partial charge on any atom is -0.487 e. The van der Waals surface area contributed by atoms with Crippen LogP contribution in [0, 0.1) is 5.92 Å². The van der Waals surface area contributed by atoms with E-state index in [0.29, 0.717) is 18.0 Å². The molecule has 1 aliphatic rings. The molecule has 2 rings (SSSR count). The summed E-state index contributed by atoms with van der Waals surface area (Å²) in [4.78, 5) is 0. The van der Waals surface area contributed by atoms with Gasteiger partial charge in [-0.05, 0) is 25.8 Å². The number of nitrogens with one attached hydrogen (secondary N) is 1. The maximum absolute atomic E-state index is 6.08. The minimum atomic E-state index is -0.138. The summed E-state index contributed by atoms with van der Waals surface area (Å²) in [7, 11) is 1.76. The van der Waals surface area contributed by atoms with Gasteiger partial charge in [0.05, 0.1) is 6.61 Å². The summed E-state index contributed by atoms with van der Waals surface area (Å²) in [5, 5.41) is 3.76. The molecule has 20 heavy (non-hydrogen) atoms. The summed E-state index contributed by atoms with van der Waals surface area (Å²) in [5.41, 5.74) is 1.12. The minimum absolute atomic E-state index is 0.138. The first-order valence-corrected chi connectivity index (χ1v) is 7.46. The van der Waals surface area contributed by atoms with Crippen molar-refractivity contribution in [3.63, 3.8) is 0 Å². The highest BCUT2D eigenvalue weighted by Gasteiger charge is 2.34. The maximum Gasteiger partial charge on any atom is 0.124 e. The number of rotatable bonds is 5. The normalized spacial score (nSPS) is 22.2. The Hall–Kier alpha value is -1.06. The van der Waals surface area contributed by atoms with Crippen molar-refractivity contribution in [3.05, 3.63) is 29.8 Å². The fourth-order valence-corrected chi connectivity index (χ4v) is 2.82. The zero-order valence-corrected chi connectivity index (χ0v) is 13.3. The van der Waals surface area contributed by atoms with Gasteiger partial charge in [0.2, 0.25) is 0 Å². The lowest BCUT2D eigenvalue weighted by atomic mass is 9.88. The zero-order chi connectivity index (χ0) is 14.8. The van der Waals surface area contributed by atoms with Gasteiger partial charge in [-0.25, -0.2) is 0 Å². The molecule has 0 aliphatic carbocycles. The summed E-state index contributed by atoms with van der Waals surface area (Å²) in [6.07, 6.45) is 0.969. The Morgan fingerprint density at radius 1 is 1.35 bits per heavy atom. The van der Waals surface area contributed by atoms with Crippen molar-refractivity contribution < 1.29 is 9.47 Å². The van der Waals surface area contributed by atoms with Gasteiger partial charge in [-0.3, -0.25) is 0 Å². The Kier molecular flexibility index (Phi) is 4.71. The van der Waals surface area contributed by atoms with Crippen molar-refractivity contribution >= 4 is 0 Å². The number of ether oxygens (including phenoxy) is 2. The third-order valence-electron chi connectivity index (χ3n) is 3.94. The summed E-state index contributed by atoms with van der Waals surface area (Å²) in [5.74, 6) is 1.54. The summed E-state index contributed by atoms with van der Waals surface area (Å²) in [6, 6.07) is 9.00.